The van der Waals surface area contributed by atoms with Gasteiger partial charge < -0.3 is 10.6 Å². The van der Waals surface area contributed by atoms with Crippen LogP contribution in [0.3, 0.4) is 0 Å². The number of hydrogen-bond acceptors (Lipinski definition) is 6. The summed E-state index contributed by atoms with van der Waals surface area (Å²) in [5, 5.41) is 4.13. The molecule has 7 nitrogen and oxygen atoms in total. The zero-order chi connectivity index (χ0) is 14.2. The molecule has 3 aromatic rings. The molecule has 21 heavy (non-hydrogen) atoms. The molecule has 4 rings (SSSR count). The van der Waals surface area contributed by atoms with Crippen molar-refractivity contribution in [2.75, 3.05) is 17.2 Å². The van der Waals surface area contributed by atoms with E-state index in [-0.39, 0.29) is 5.95 Å². The molecule has 1 aromatic carbocycles. The molecule has 0 spiro atoms. The highest BCUT2D eigenvalue weighted by molar-refractivity contribution is 5.66. The second kappa shape index (κ2) is 4.55. The van der Waals surface area contributed by atoms with Gasteiger partial charge in [0.2, 0.25) is 11.9 Å². The highest BCUT2D eigenvalue weighted by Gasteiger charge is 2.23. The van der Waals surface area contributed by atoms with Crippen molar-refractivity contribution in [3.63, 3.8) is 0 Å². The lowest BCUT2D eigenvalue weighted by Gasteiger charge is -2.17. The molecule has 1 aliphatic heterocycles. The quantitative estimate of drug-likeness (QED) is 0.761. The molecule has 2 N–H and O–H groups in total. The van der Waals surface area contributed by atoms with Crippen molar-refractivity contribution in [3.05, 3.63) is 48.3 Å². The van der Waals surface area contributed by atoms with Gasteiger partial charge >= 0.3 is 0 Å². The summed E-state index contributed by atoms with van der Waals surface area (Å²) in [5.41, 5.74) is 8.23. The van der Waals surface area contributed by atoms with Crippen LogP contribution in [-0.2, 0) is 6.42 Å². The third kappa shape index (κ3) is 1.99. The van der Waals surface area contributed by atoms with Crippen LogP contribution in [0, 0.1) is 0 Å². The fourth-order valence-corrected chi connectivity index (χ4v) is 2.53. The number of nitrogens with two attached hydrogens (primary N) is 1. The number of nitrogen functional groups attached to an aromatic ring is 1. The van der Waals surface area contributed by atoms with Crippen molar-refractivity contribution in [1.29, 1.82) is 0 Å². The molecule has 0 fully saturated rings. The van der Waals surface area contributed by atoms with Gasteiger partial charge in [-0.2, -0.15) is 20.1 Å². The minimum absolute atomic E-state index is 0.190. The predicted octanol–water partition coefficient (Wildman–Crippen LogP) is 1.33. The van der Waals surface area contributed by atoms with Gasteiger partial charge in [-0.1, -0.05) is 18.2 Å². The molecule has 2 aromatic heterocycles. The van der Waals surface area contributed by atoms with E-state index in [0.29, 0.717) is 11.9 Å². The van der Waals surface area contributed by atoms with Gasteiger partial charge in [0.15, 0.2) is 0 Å². The molecule has 0 saturated heterocycles. The number of para-hydroxylation sites is 1. The first-order valence-corrected chi connectivity index (χ1v) is 6.68. The summed E-state index contributed by atoms with van der Waals surface area (Å²) in [6, 6.07) is 10.0. The number of rotatable bonds is 2. The fraction of sp³-hybridized carbons (Fsp3) is 0.143. The van der Waals surface area contributed by atoms with E-state index in [4.69, 9.17) is 5.73 Å². The summed E-state index contributed by atoms with van der Waals surface area (Å²) in [4.78, 5) is 14.9. The maximum atomic E-state index is 5.82. The number of benzene rings is 1. The van der Waals surface area contributed by atoms with E-state index in [1.54, 1.807) is 17.1 Å². The zero-order valence-electron chi connectivity index (χ0n) is 11.2. The smallest absolute Gasteiger partial charge is 0.257 e. The lowest BCUT2D eigenvalue weighted by atomic mass is 10.2. The van der Waals surface area contributed by atoms with Crippen LogP contribution < -0.4 is 10.6 Å². The van der Waals surface area contributed by atoms with Crippen LogP contribution in [0.25, 0.3) is 5.95 Å². The highest BCUT2D eigenvalue weighted by Crippen LogP contribution is 2.32. The van der Waals surface area contributed by atoms with Gasteiger partial charge in [0.25, 0.3) is 5.95 Å². The summed E-state index contributed by atoms with van der Waals surface area (Å²) in [7, 11) is 0. The average molecular weight is 279 g/mol. The maximum absolute atomic E-state index is 5.82. The van der Waals surface area contributed by atoms with Crippen molar-refractivity contribution in [2.45, 2.75) is 6.42 Å². The molecule has 0 bridgehead atoms. The molecule has 0 amide bonds. The Morgan fingerprint density at radius 2 is 1.86 bits per heavy atom. The van der Waals surface area contributed by atoms with Crippen LogP contribution in [0.1, 0.15) is 5.56 Å². The van der Waals surface area contributed by atoms with E-state index in [9.17, 15) is 0 Å². The number of anilines is 3. The fourth-order valence-electron chi connectivity index (χ4n) is 2.53. The van der Waals surface area contributed by atoms with E-state index in [1.165, 1.54) is 5.56 Å². The van der Waals surface area contributed by atoms with Gasteiger partial charge in [0.05, 0.1) is 0 Å². The van der Waals surface area contributed by atoms with Gasteiger partial charge in [-0.25, -0.2) is 4.68 Å². The number of nitrogens with zero attached hydrogens (tertiary/aromatic N) is 6. The molecule has 0 saturated carbocycles. The number of aromatic nitrogens is 5. The van der Waals surface area contributed by atoms with Gasteiger partial charge in [0, 0.05) is 24.6 Å². The molecule has 104 valence electrons. The van der Waals surface area contributed by atoms with Gasteiger partial charge in [0.1, 0.15) is 0 Å². The minimum atomic E-state index is 0.190. The van der Waals surface area contributed by atoms with Crippen molar-refractivity contribution in [2.24, 2.45) is 0 Å². The zero-order valence-corrected chi connectivity index (χ0v) is 11.2. The van der Waals surface area contributed by atoms with Crippen LogP contribution >= 0.6 is 0 Å². The Hall–Kier alpha value is -2.96. The molecule has 0 radical (unpaired) electrons. The number of hydrogen-bond donors (Lipinski definition) is 1. The first kappa shape index (κ1) is 11.8. The second-order valence-corrected chi connectivity index (χ2v) is 4.77. The SMILES string of the molecule is Nc1nc(N2CCc3ccccc32)nc(-n2cccn2)n1. The summed E-state index contributed by atoms with van der Waals surface area (Å²) in [6.07, 6.45) is 4.42. The molecule has 3 heterocycles. The van der Waals surface area contributed by atoms with Crippen LogP contribution in [0.5, 0.6) is 0 Å². The lowest BCUT2D eigenvalue weighted by Crippen LogP contribution is -2.19. The summed E-state index contributed by atoms with van der Waals surface area (Å²) < 4.78 is 1.57. The van der Waals surface area contributed by atoms with Crippen molar-refractivity contribution >= 4 is 17.6 Å². The predicted molar refractivity (Wildman–Crippen MR) is 78.5 cm³/mol. The molecular weight excluding hydrogens is 266 g/mol. The molecule has 7 heteroatoms. The van der Waals surface area contributed by atoms with Gasteiger partial charge in [-0.15, -0.1) is 0 Å². The first-order valence-electron chi connectivity index (χ1n) is 6.68. The summed E-state index contributed by atoms with van der Waals surface area (Å²) >= 11 is 0. The molecule has 0 unspecified atom stereocenters. The lowest BCUT2D eigenvalue weighted by molar-refractivity contribution is 0.790. The van der Waals surface area contributed by atoms with E-state index < -0.39 is 0 Å². The second-order valence-electron chi connectivity index (χ2n) is 4.77. The van der Waals surface area contributed by atoms with E-state index in [2.05, 4.69) is 37.1 Å². The van der Waals surface area contributed by atoms with Crippen LogP contribution in [0.2, 0.25) is 0 Å². The standard InChI is InChI=1S/C14H13N7/c15-12-17-13(19-14(18-12)21-8-3-7-16-21)20-9-6-10-4-1-2-5-11(10)20/h1-5,7-8H,6,9H2,(H2,15,17,18,19). The Kier molecular flexibility index (Phi) is 2.56. The topological polar surface area (TPSA) is 85.8 Å². The molecule has 0 atom stereocenters. The van der Waals surface area contributed by atoms with E-state index in [1.807, 2.05) is 18.2 Å². The highest BCUT2D eigenvalue weighted by atomic mass is 15.4. The van der Waals surface area contributed by atoms with E-state index in [0.717, 1.165) is 18.7 Å². The van der Waals surface area contributed by atoms with E-state index >= 15 is 0 Å². The largest absolute Gasteiger partial charge is 0.368 e. The monoisotopic (exact) mass is 279 g/mol. The van der Waals surface area contributed by atoms with Crippen LogP contribution in [0.15, 0.2) is 42.7 Å². The molecule has 1 aliphatic rings. The van der Waals surface area contributed by atoms with Crippen molar-refractivity contribution < 1.29 is 0 Å². The third-order valence-corrected chi connectivity index (χ3v) is 3.47. The Morgan fingerprint density at radius 3 is 2.71 bits per heavy atom. The van der Waals surface area contributed by atoms with Crippen molar-refractivity contribution in [3.8, 4) is 5.95 Å². The minimum Gasteiger partial charge on any atom is -0.368 e. The molecule has 0 aliphatic carbocycles. The van der Waals surface area contributed by atoms with Crippen LogP contribution in [0.4, 0.5) is 17.6 Å². The third-order valence-electron chi connectivity index (χ3n) is 3.47. The molecular formula is C14H13N7. The normalized spacial score (nSPS) is 13.4. The van der Waals surface area contributed by atoms with Crippen LogP contribution in [-0.4, -0.2) is 31.3 Å². The maximum Gasteiger partial charge on any atom is 0.257 e. The summed E-state index contributed by atoms with van der Waals surface area (Å²) in [5.74, 6) is 1.17. The summed E-state index contributed by atoms with van der Waals surface area (Å²) in [6.45, 7) is 0.835. The van der Waals surface area contributed by atoms with Gasteiger partial charge in [-0.05, 0) is 24.1 Å². The Balaban J connectivity index is 1.80. The average Bonchev–Trinajstić information content (AvgIpc) is 3.16. The Morgan fingerprint density at radius 1 is 1.00 bits per heavy atom. The van der Waals surface area contributed by atoms with Crippen molar-refractivity contribution in [1.82, 2.24) is 24.7 Å². The van der Waals surface area contributed by atoms with Gasteiger partial charge in [-0.3, -0.25) is 0 Å². The Bertz CT molecular complexity index is 782. The Labute approximate surface area is 121 Å². The first-order chi connectivity index (χ1) is 10.3. The number of fused-ring (bicyclic) bond motifs is 1.